The monoisotopic (exact) mass is 315 g/mol. The Morgan fingerprint density at radius 1 is 1.17 bits per heavy atom. The number of Topliss-reactive ketones (excluding diaryl/α,β-unsaturated/α-hetero) is 1. The van der Waals surface area contributed by atoms with E-state index < -0.39 is 11.7 Å². The van der Waals surface area contributed by atoms with Crippen molar-refractivity contribution in [1.29, 1.82) is 0 Å². The first-order valence-corrected chi connectivity index (χ1v) is 7.25. The van der Waals surface area contributed by atoms with Crippen molar-refractivity contribution in [3.63, 3.8) is 0 Å². The van der Waals surface area contributed by atoms with Crippen LogP contribution >= 0.6 is 0 Å². The summed E-state index contributed by atoms with van der Waals surface area (Å²) in [6.07, 6.45) is 1.12. The second-order valence-corrected chi connectivity index (χ2v) is 5.47. The van der Waals surface area contributed by atoms with E-state index in [4.69, 9.17) is 0 Å². The number of halogens is 1. The van der Waals surface area contributed by atoms with Crippen LogP contribution in [0.5, 0.6) is 5.75 Å². The summed E-state index contributed by atoms with van der Waals surface area (Å²) in [5.41, 5.74) is 1.71. The first-order chi connectivity index (χ1) is 10.9. The summed E-state index contributed by atoms with van der Waals surface area (Å²) in [5.74, 6) is -1.27. The molecule has 0 saturated carbocycles. The molecule has 120 valence electrons. The maximum Gasteiger partial charge on any atom is 0.259 e. The summed E-state index contributed by atoms with van der Waals surface area (Å²) in [5, 5.41) is 12.5. The molecule has 2 rings (SSSR count). The Morgan fingerprint density at radius 3 is 2.43 bits per heavy atom. The van der Waals surface area contributed by atoms with E-state index >= 15 is 0 Å². The van der Waals surface area contributed by atoms with Crippen LogP contribution in [0.4, 0.5) is 10.1 Å². The summed E-state index contributed by atoms with van der Waals surface area (Å²) in [6.45, 7) is 3.07. The van der Waals surface area contributed by atoms with Gasteiger partial charge in [-0.25, -0.2) is 4.39 Å². The zero-order valence-corrected chi connectivity index (χ0v) is 13.0. The van der Waals surface area contributed by atoms with Gasteiger partial charge >= 0.3 is 0 Å². The van der Waals surface area contributed by atoms with Crippen molar-refractivity contribution < 1.29 is 19.1 Å². The van der Waals surface area contributed by atoms with Gasteiger partial charge < -0.3 is 15.2 Å². The standard InChI is InChI=1S/C18H18FNO3/c1-11-9-14(19)10-16(17(11)22)18(23)20-15-7-5-13(6-8-15)4-3-12(2)21/h5-10,22H,3-4H2,1-2H3,(H,20,23). The molecule has 2 aromatic rings. The maximum atomic E-state index is 13.4. The smallest absolute Gasteiger partial charge is 0.259 e. The molecule has 0 aliphatic carbocycles. The fourth-order valence-corrected chi connectivity index (χ4v) is 2.18. The number of aryl methyl sites for hydroxylation is 2. The number of nitrogens with one attached hydrogen (secondary N) is 1. The molecule has 0 unspecified atom stereocenters. The van der Waals surface area contributed by atoms with E-state index in [2.05, 4.69) is 5.32 Å². The predicted octanol–water partition coefficient (Wildman–Crippen LogP) is 3.61. The second-order valence-electron chi connectivity index (χ2n) is 5.47. The highest BCUT2D eigenvalue weighted by Crippen LogP contribution is 2.24. The summed E-state index contributed by atoms with van der Waals surface area (Å²) in [6, 6.07) is 9.20. The van der Waals surface area contributed by atoms with E-state index in [0.717, 1.165) is 17.7 Å². The first-order valence-electron chi connectivity index (χ1n) is 7.25. The van der Waals surface area contributed by atoms with Crippen molar-refractivity contribution in [1.82, 2.24) is 0 Å². The van der Waals surface area contributed by atoms with Crippen molar-refractivity contribution in [3.8, 4) is 5.75 Å². The molecule has 0 aliphatic heterocycles. The number of benzene rings is 2. The number of carbonyl (C=O) groups excluding carboxylic acids is 2. The van der Waals surface area contributed by atoms with Gasteiger partial charge in [-0.05, 0) is 55.7 Å². The molecule has 2 N–H and O–H groups in total. The average molecular weight is 315 g/mol. The Bertz CT molecular complexity index is 739. The van der Waals surface area contributed by atoms with Gasteiger partial charge in [0, 0.05) is 12.1 Å². The van der Waals surface area contributed by atoms with Crippen LogP contribution in [-0.2, 0) is 11.2 Å². The molecule has 0 aliphatic rings. The number of amides is 1. The third-order valence-corrected chi connectivity index (χ3v) is 3.49. The van der Waals surface area contributed by atoms with Crippen LogP contribution in [0.15, 0.2) is 36.4 Å². The molecule has 0 bridgehead atoms. The molecule has 0 atom stereocenters. The van der Waals surface area contributed by atoms with Crippen LogP contribution in [0, 0.1) is 12.7 Å². The molecule has 5 heteroatoms. The van der Waals surface area contributed by atoms with Crippen molar-refractivity contribution in [2.45, 2.75) is 26.7 Å². The minimum absolute atomic E-state index is 0.108. The van der Waals surface area contributed by atoms with Crippen LogP contribution in [-0.4, -0.2) is 16.8 Å². The lowest BCUT2D eigenvalue weighted by atomic mass is 10.1. The molecular weight excluding hydrogens is 297 g/mol. The number of phenols is 1. The Kier molecular flexibility index (Phi) is 5.11. The third-order valence-electron chi connectivity index (χ3n) is 3.49. The van der Waals surface area contributed by atoms with Gasteiger partial charge in [-0.3, -0.25) is 4.79 Å². The Balaban J connectivity index is 2.10. The van der Waals surface area contributed by atoms with Crippen LogP contribution in [0.2, 0.25) is 0 Å². The molecule has 0 saturated heterocycles. The SMILES string of the molecule is CC(=O)CCc1ccc(NC(=O)c2cc(F)cc(C)c2O)cc1. The number of hydrogen-bond acceptors (Lipinski definition) is 3. The van der Waals surface area contributed by atoms with Gasteiger partial charge in [0.1, 0.15) is 17.3 Å². The topological polar surface area (TPSA) is 66.4 Å². The minimum Gasteiger partial charge on any atom is -0.507 e. The average Bonchev–Trinajstić information content (AvgIpc) is 2.50. The number of rotatable bonds is 5. The Labute approximate surface area is 134 Å². The van der Waals surface area contributed by atoms with Gasteiger partial charge in [0.2, 0.25) is 0 Å². The molecule has 2 aromatic carbocycles. The van der Waals surface area contributed by atoms with E-state index in [1.54, 1.807) is 19.1 Å². The van der Waals surface area contributed by atoms with Gasteiger partial charge in [0.15, 0.2) is 0 Å². The molecule has 0 aromatic heterocycles. The fourth-order valence-electron chi connectivity index (χ4n) is 2.18. The molecule has 0 fully saturated rings. The van der Waals surface area contributed by atoms with Crippen LogP contribution in [0.1, 0.15) is 34.8 Å². The van der Waals surface area contributed by atoms with Gasteiger partial charge in [-0.1, -0.05) is 12.1 Å². The number of ketones is 1. The molecular formula is C18H18FNO3. The zero-order valence-electron chi connectivity index (χ0n) is 13.0. The van der Waals surface area contributed by atoms with Crippen LogP contribution in [0.25, 0.3) is 0 Å². The van der Waals surface area contributed by atoms with Crippen molar-refractivity contribution in [2.75, 3.05) is 5.32 Å². The van der Waals surface area contributed by atoms with E-state index in [1.807, 2.05) is 12.1 Å². The number of aromatic hydroxyl groups is 1. The zero-order chi connectivity index (χ0) is 17.0. The van der Waals surface area contributed by atoms with E-state index in [0.29, 0.717) is 24.1 Å². The van der Waals surface area contributed by atoms with Crippen molar-refractivity contribution in [2.24, 2.45) is 0 Å². The lowest BCUT2D eigenvalue weighted by molar-refractivity contribution is -0.116. The molecule has 23 heavy (non-hydrogen) atoms. The van der Waals surface area contributed by atoms with E-state index in [-0.39, 0.29) is 17.1 Å². The molecule has 4 nitrogen and oxygen atoms in total. The summed E-state index contributed by atoms with van der Waals surface area (Å²) in [7, 11) is 0. The molecule has 0 heterocycles. The lowest BCUT2D eigenvalue weighted by Crippen LogP contribution is -2.13. The largest absolute Gasteiger partial charge is 0.507 e. The number of carbonyl (C=O) groups is 2. The fraction of sp³-hybridized carbons (Fsp3) is 0.222. The summed E-state index contributed by atoms with van der Waals surface area (Å²) in [4.78, 5) is 23.1. The Morgan fingerprint density at radius 2 is 1.83 bits per heavy atom. The van der Waals surface area contributed by atoms with Gasteiger partial charge in [0.25, 0.3) is 5.91 Å². The van der Waals surface area contributed by atoms with E-state index in [1.165, 1.54) is 6.92 Å². The van der Waals surface area contributed by atoms with Crippen molar-refractivity contribution in [3.05, 3.63) is 58.9 Å². The molecule has 0 radical (unpaired) electrons. The van der Waals surface area contributed by atoms with Crippen LogP contribution in [0.3, 0.4) is 0 Å². The second kappa shape index (κ2) is 7.05. The Hall–Kier alpha value is -2.69. The summed E-state index contributed by atoms with van der Waals surface area (Å²) < 4.78 is 13.4. The quantitative estimate of drug-likeness (QED) is 0.885. The van der Waals surface area contributed by atoms with E-state index in [9.17, 15) is 19.1 Å². The predicted molar refractivity (Wildman–Crippen MR) is 86.2 cm³/mol. The number of hydrogen-bond donors (Lipinski definition) is 2. The highest BCUT2D eigenvalue weighted by atomic mass is 19.1. The highest BCUT2D eigenvalue weighted by molar-refractivity contribution is 6.06. The van der Waals surface area contributed by atoms with Crippen molar-refractivity contribution >= 4 is 17.4 Å². The molecule has 1 amide bonds. The number of anilines is 1. The van der Waals surface area contributed by atoms with Gasteiger partial charge in [-0.15, -0.1) is 0 Å². The normalized spacial score (nSPS) is 10.4. The highest BCUT2D eigenvalue weighted by Gasteiger charge is 2.15. The van der Waals surface area contributed by atoms with Gasteiger partial charge in [0.05, 0.1) is 5.56 Å². The maximum absolute atomic E-state index is 13.4. The third kappa shape index (κ3) is 4.39. The summed E-state index contributed by atoms with van der Waals surface area (Å²) >= 11 is 0. The first kappa shape index (κ1) is 16.7. The van der Waals surface area contributed by atoms with Crippen LogP contribution < -0.4 is 5.32 Å². The van der Waals surface area contributed by atoms with Gasteiger partial charge in [-0.2, -0.15) is 0 Å². The number of phenolic OH excluding ortho intramolecular Hbond substituents is 1. The lowest BCUT2D eigenvalue weighted by Gasteiger charge is -2.09. The molecule has 0 spiro atoms. The minimum atomic E-state index is -0.582.